The van der Waals surface area contributed by atoms with Crippen LogP contribution in [0, 0.1) is 0 Å². The van der Waals surface area contributed by atoms with Gasteiger partial charge in [-0.2, -0.15) is 0 Å². The molecule has 132 heavy (non-hydrogen) atoms. The number of benzene rings is 18. The van der Waals surface area contributed by atoms with Crippen LogP contribution in [0.1, 0.15) is 49.9 Å². The van der Waals surface area contributed by atoms with Gasteiger partial charge in [0, 0.05) is 66.1 Å². The lowest BCUT2D eigenvalue weighted by Crippen LogP contribution is -2.14. The highest BCUT2D eigenvalue weighted by atomic mass is 15.0. The lowest BCUT2D eigenvalue weighted by atomic mass is 9.82. The van der Waals surface area contributed by atoms with Gasteiger partial charge in [0.15, 0.2) is 34.9 Å². The van der Waals surface area contributed by atoms with Crippen molar-refractivity contribution < 1.29 is 0 Å². The van der Waals surface area contributed by atoms with Crippen LogP contribution in [0.25, 0.3) is 224 Å². The summed E-state index contributed by atoms with van der Waals surface area (Å²) in [5, 5.41) is 4.68. The van der Waals surface area contributed by atoms with E-state index in [1.807, 2.05) is 24.3 Å². The van der Waals surface area contributed by atoms with Crippen LogP contribution in [0.4, 0.5) is 0 Å². The van der Waals surface area contributed by atoms with Crippen LogP contribution in [0.3, 0.4) is 0 Å². The van der Waals surface area contributed by atoms with Gasteiger partial charge < -0.3 is 0 Å². The minimum Gasteiger partial charge on any atom is -0.248 e. The molecule has 0 radical (unpaired) electrons. The van der Waals surface area contributed by atoms with Gasteiger partial charge in [-0.3, -0.25) is 0 Å². The molecule has 0 amide bonds. The van der Waals surface area contributed by atoms with Crippen LogP contribution in [0.5, 0.6) is 0 Å². The van der Waals surface area contributed by atoms with E-state index in [-0.39, 0.29) is 10.8 Å². The summed E-state index contributed by atoms with van der Waals surface area (Å²) < 4.78 is 0. The molecule has 22 aromatic rings. The van der Waals surface area contributed by atoms with Gasteiger partial charge in [0.05, 0.1) is 22.4 Å². The van der Waals surface area contributed by atoms with Gasteiger partial charge in [-0.1, -0.05) is 392 Å². The van der Waals surface area contributed by atoms with E-state index in [0.29, 0.717) is 34.9 Å². The summed E-state index contributed by atoms with van der Waals surface area (Å²) in [6, 6.07) is 159. The molecule has 0 saturated carbocycles. The molecule has 622 valence electrons. The second-order valence-corrected chi connectivity index (χ2v) is 35.4. The van der Waals surface area contributed by atoms with Crippen molar-refractivity contribution in [3.63, 3.8) is 0 Å². The van der Waals surface area contributed by atoms with Gasteiger partial charge in [-0.15, -0.1) is 0 Å². The van der Waals surface area contributed by atoms with Gasteiger partial charge in [0.1, 0.15) is 0 Å². The van der Waals surface area contributed by atoms with Crippen molar-refractivity contribution >= 4 is 32.6 Å². The minimum atomic E-state index is -0.166. The first-order chi connectivity index (χ1) is 64.8. The molecule has 8 heteroatoms. The van der Waals surface area contributed by atoms with E-state index in [1.165, 1.54) is 66.4 Å². The molecule has 0 atom stereocenters. The number of rotatable bonds is 15. The Morgan fingerprint density at radius 1 is 0.144 bits per heavy atom. The zero-order chi connectivity index (χ0) is 88.4. The molecular weight excluding hydrogens is 1600 g/mol. The maximum Gasteiger partial charge on any atom is 0.164 e. The van der Waals surface area contributed by atoms with Crippen LogP contribution in [0.15, 0.2) is 449 Å². The van der Waals surface area contributed by atoms with Crippen LogP contribution < -0.4 is 0 Å². The molecule has 0 unspecified atom stereocenters. The fourth-order valence-electron chi connectivity index (χ4n) is 19.5. The largest absolute Gasteiger partial charge is 0.248 e. The van der Waals surface area contributed by atoms with Crippen molar-refractivity contribution in [2.75, 3.05) is 0 Å². The highest BCUT2D eigenvalue weighted by molar-refractivity contribution is 6.05. The van der Waals surface area contributed by atoms with Crippen molar-refractivity contribution in [1.29, 1.82) is 0 Å². The lowest BCUT2D eigenvalue weighted by molar-refractivity contribution is 0.661. The third-order valence-corrected chi connectivity index (χ3v) is 26.4. The van der Waals surface area contributed by atoms with E-state index in [1.54, 1.807) is 0 Å². The molecule has 0 aliphatic heterocycles. The van der Waals surface area contributed by atoms with Crippen LogP contribution in [-0.4, -0.2) is 39.9 Å². The number of fused-ring (bicyclic) bond motifs is 9. The topological polar surface area (TPSA) is 103 Å². The fourth-order valence-corrected chi connectivity index (χ4v) is 19.5. The summed E-state index contributed by atoms with van der Waals surface area (Å²) in [6.07, 6.45) is 0. The van der Waals surface area contributed by atoms with Crippen LogP contribution >= 0.6 is 0 Å². The molecule has 4 aromatic heterocycles. The van der Waals surface area contributed by atoms with Crippen molar-refractivity contribution in [3.05, 3.63) is 471 Å². The normalized spacial score (nSPS) is 12.5. The minimum absolute atomic E-state index is 0.157. The Morgan fingerprint density at radius 3 is 0.727 bits per heavy atom. The highest BCUT2D eigenvalue weighted by Crippen LogP contribution is 2.53. The van der Waals surface area contributed by atoms with Gasteiger partial charge in [-0.25, -0.2) is 39.9 Å². The molecule has 18 aromatic carbocycles. The summed E-state index contributed by atoms with van der Waals surface area (Å²) in [5.41, 5.74) is 37.0. The third-order valence-electron chi connectivity index (χ3n) is 26.4. The summed E-state index contributed by atoms with van der Waals surface area (Å²) in [5.74, 6) is 3.61. The Hall–Kier alpha value is -16.9. The van der Waals surface area contributed by atoms with Gasteiger partial charge in [-0.05, 0) is 218 Å². The second-order valence-electron chi connectivity index (χ2n) is 35.4. The highest BCUT2D eigenvalue weighted by Gasteiger charge is 2.38. The molecule has 24 rings (SSSR count). The molecule has 8 nitrogen and oxygen atoms in total. The maximum atomic E-state index is 5.51. The van der Waals surface area contributed by atoms with E-state index in [2.05, 4.69) is 452 Å². The van der Waals surface area contributed by atoms with Crippen molar-refractivity contribution in [1.82, 2.24) is 39.9 Å². The van der Waals surface area contributed by atoms with Crippen molar-refractivity contribution in [2.24, 2.45) is 0 Å². The number of hydrogen-bond donors (Lipinski definition) is 0. The van der Waals surface area contributed by atoms with E-state index in [4.69, 9.17) is 39.9 Å². The molecular formula is C124H86N8. The van der Waals surface area contributed by atoms with E-state index in [0.717, 1.165) is 144 Å². The summed E-state index contributed by atoms with van der Waals surface area (Å²) in [7, 11) is 0. The third kappa shape index (κ3) is 15.1. The van der Waals surface area contributed by atoms with Crippen molar-refractivity contribution in [3.8, 4) is 191 Å². The number of aromatic nitrogens is 8. The number of hydrogen-bond acceptors (Lipinski definition) is 8. The first-order valence-corrected chi connectivity index (χ1v) is 45.1. The molecule has 0 fully saturated rings. The predicted octanol–water partition coefficient (Wildman–Crippen LogP) is 31.6. The average molecular weight is 1690 g/mol. The zero-order valence-electron chi connectivity index (χ0n) is 73.3. The zero-order valence-corrected chi connectivity index (χ0v) is 73.3. The van der Waals surface area contributed by atoms with E-state index < -0.39 is 0 Å². The quantitative estimate of drug-likeness (QED) is 0.1000. The SMILES string of the molecule is CC1(C)c2ccccc2-c2cc3c(-c4ccc5ccccc5c4)cc(-c4cccc(-c5nc(-c6cccc(-c7ccccc7)c6)nc(-c6cccc(-c7ccccc7)c6)n5)c4)nc3cc21.CC1(C)c2ccccc2-c2cc3c(-c4cccc(-c5ccccc5)c4)cc(-c4cccc(-c5nc(-c6cccc(-c7ccccc7)c6)nc(-c6cccc(-c7ccccc7)c6)n5)c4)nc3cc21. The molecule has 0 saturated heterocycles. The Labute approximate surface area is 767 Å². The van der Waals surface area contributed by atoms with Crippen LogP contribution in [-0.2, 0) is 10.8 Å². The summed E-state index contributed by atoms with van der Waals surface area (Å²) in [6.45, 7) is 9.31. The Bertz CT molecular complexity index is 8050. The van der Waals surface area contributed by atoms with Crippen molar-refractivity contribution in [2.45, 2.75) is 38.5 Å². The maximum absolute atomic E-state index is 5.51. The molecule has 0 N–H and O–H groups in total. The first kappa shape index (κ1) is 79.7. The monoisotopic (exact) mass is 1690 g/mol. The number of pyridine rings is 2. The van der Waals surface area contributed by atoms with Gasteiger partial charge in [0.25, 0.3) is 0 Å². The average Bonchev–Trinajstić information content (AvgIpc) is 1.58. The smallest absolute Gasteiger partial charge is 0.164 e. The molecule has 0 spiro atoms. The van der Waals surface area contributed by atoms with Gasteiger partial charge >= 0.3 is 0 Å². The second kappa shape index (κ2) is 33.4. The van der Waals surface area contributed by atoms with Gasteiger partial charge in [0.2, 0.25) is 0 Å². The molecule has 4 heterocycles. The molecule has 0 bridgehead atoms. The lowest BCUT2D eigenvalue weighted by Gasteiger charge is -2.22. The summed E-state index contributed by atoms with van der Waals surface area (Å²) >= 11 is 0. The Kier molecular flexibility index (Phi) is 20.1. The first-order valence-electron chi connectivity index (χ1n) is 45.1. The number of nitrogens with zero attached hydrogens (tertiary/aromatic N) is 8. The predicted molar refractivity (Wildman–Crippen MR) is 544 cm³/mol. The molecule has 2 aliphatic rings. The molecule has 2 aliphatic carbocycles. The van der Waals surface area contributed by atoms with Crippen LogP contribution in [0.2, 0.25) is 0 Å². The summed E-state index contributed by atoms with van der Waals surface area (Å²) in [4.78, 5) is 42.3. The standard InChI is InChI=1S/C63H44N4.C61H42N4/c1-63(2)56-33-13-12-32-52(56)54-38-55-53(47-27-14-24-44(34-47)41-18-6-3-7-19-41)39-58(64-59(55)40-57(54)63)48-28-17-31-51(37-48)62-66-60(49-29-15-25-45(35-49)42-20-8-4-9-21-42)65-61(67-62)50-30-16-26-46(36-50)43-22-10-5-11-23-43;1-61(2)54-29-12-11-28-50(54)52-36-53-51(45-31-30-41-20-9-10-21-42(41)32-45)37-56(62-57(53)38-55(52)61)46-24-15-27-49(35-46)60-64-58(47-25-13-22-43(33-47)39-16-5-3-6-17-39)63-59(65-60)48-26-14-23-44(34-48)40-18-7-4-8-19-40/h3-40H,1-2H3;3-38H,1-2H3. The fraction of sp³-hybridized carbons (Fsp3) is 0.0484. The van der Waals surface area contributed by atoms with E-state index >= 15 is 0 Å². The Morgan fingerprint density at radius 2 is 0.394 bits per heavy atom. The Balaban J connectivity index is 0.000000150. The van der Waals surface area contributed by atoms with E-state index in [9.17, 15) is 0 Å².